The van der Waals surface area contributed by atoms with Crippen LogP contribution in [0.3, 0.4) is 0 Å². The fourth-order valence-electron chi connectivity index (χ4n) is 2.72. The van der Waals surface area contributed by atoms with Crippen LogP contribution >= 0.6 is 35.0 Å². The molecule has 28 heavy (non-hydrogen) atoms. The van der Waals surface area contributed by atoms with Gasteiger partial charge in [-0.15, -0.1) is 0 Å². The highest BCUT2D eigenvalue weighted by Gasteiger charge is 2.28. The second kappa shape index (κ2) is 10.3. The van der Waals surface area contributed by atoms with Crippen LogP contribution in [0.1, 0.15) is 26.7 Å². The molecule has 2 heterocycles. The number of hydrogen-bond acceptors (Lipinski definition) is 7. The molecule has 154 valence electrons. The number of anilines is 1. The molecule has 11 heteroatoms. The van der Waals surface area contributed by atoms with E-state index in [-0.39, 0.29) is 6.17 Å². The first kappa shape index (κ1) is 22.8. The number of thioether (sulfide) groups is 1. The van der Waals surface area contributed by atoms with E-state index in [1.54, 1.807) is 11.8 Å². The fraction of sp³-hybridized carbons (Fsp3) is 0.471. The molecule has 8 nitrogen and oxygen atoms in total. The molecule has 0 bridgehead atoms. The van der Waals surface area contributed by atoms with Crippen molar-refractivity contribution in [3.05, 3.63) is 28.2 Å². The minimum atomic E-state index is -1.82. The predicted octanol–water partition coefficient (Wildman–Crippen LogP) is 3.35. The molecule has 3 N–H and O–H groups in total. The van der Waals surface area contributed by atoms with E-state index in [1.807, 2.05) is 30.1 Å². The number of nitrogens with one attached hydrogen (secondary N) is 1. The van der Waals surface area contributed by atoms with Crippen LogP contribution in [0.25, 0.3) is 0 Å². The Morgan fingerprint density at radius 1 is 1.21 bits per heavy atom. The Kier molecular flexibility index (Phi) is 8.38. The van der Waals surface area contributed by atoms with Gasteiger partial charge in [0.2, 0.25) is 0 Å². The Balaban J connectivity index is 0.000000409. The van der Waals surface area contributed by atoms with E-state index in [1.165, 1.54) is 25.9 Å². The summed E-state index contributed by atoms with van der Waals surface area (Å²) in [6.07, 6.45) is 2.65. The van der Waals surface area contributed by atoms with Gasteiger partial charge in [0.05, 0.1) is 21.1 Å². The number of halogens is 2. The zero-order chi connectivity index (χ0) is 20.8. The van der Waals surface area contributed by atoms with Crippen LogP contribution in [0.4, 0.5) is 5.69 Å². The van der Waals surface area contributed by atoms with Crippen molar-refractivity contribution in [1.29, 1.82) is 0 Å². The Morgan fingerprint density at radius 2 is 1.82 bits per heavy atom. The van der Waals surface area contributed by atoms with E-state index < -0.39 is 11.9 Å². The third-order valence-electron chi connectivity index (χ3n) is 4.09. The van der Waals surface area contributed by atoms with Crippen molar-refractivity contribution in [2.45, 2.75) is 38.2 Å². The molecule has 1 aromatic carbocycles. The second-order valence-electron chi connectivity index (χ2n) is 6.22. The van der Waals surface area contributed by atoms with E-state index in [9.17, 15) is 0 Å². The fourth-order valence-corrected chi connectivity index (χ4v) is 4.16. The van der Waals surface area contributed by atoms with Crippen LogP contribution < -0.4 is 10.4 Å². The Morgan fingerprint density at radius 3 is 2.36 bits per heavy atom. The maximum Gasteiger partial charge on any atom is 0.414 e. The summed E-state index contributed by atoms with van der Waals surface area (Å²) in [7, 11) is 0. The molecule has 0 radical (unpaired) electrons. The summed E-state index contributed by atoms with van der Waals surface area (Å²) in [6.45, 7) is 6.64. The molecule has 1 aromatic rings. The number of hydrazine groups is 1. The van der Waals surface area contributed by atoms with Crippen LogP contribution in [0.2, 0.25) is 10.0 Å². The summed E-state index contributed by atoms with van der Waals surface area (Å²) < 4.78 is 0. The Hall–Kier alpha value is -1.52. The lowest BCUT2D eigenvalue weighted by Gasteiger charge is -2.26. The highest BCUT2D eigenvalue weighted by atomic mass is 35.5. The van der Waals surface area contributed by atoms with Gasteiger partial charge in [-0.1, -0.05) is 35.0 Å². The molecule has 1 fully saturated rings. The second-order valence-corrected chi connectivity index (χ2v) is 8.32. The number of aliphatic carboxylic acids is 2. The highest BCUT2D eigenvalue weighted by molar-refractivity contribution is 8.14. The minimum Gasteiger partial charge on any atom is -0.473 e. The number of hydrogen-bond donors (Lipinski definition) is 3. The zero-order valence-electron chi connectivity index (χ0n) is 15.4. The molecule has 0 amide bonds. The third kappa shape index (κ3) is 6.25. The Labute approximate surface area is 177 Å². The van der Waals surface area contributed by atoms with Gasteiger partial charge in [-0.25, -0.2) is 20.0 Å². The summed E-state index contributed by atoms with van der Waals surface area (Å²) in [5.74, 6) is -3.65. The van der Waals surface area contributed by atoms with Crippen molar-refractivity contribution in [3.8, 4) is 0 Å². The lowest BCUT2D eigenvalue weighted by molar-refractivity contribution is -0.159. The number of amidine groups is 1. The number of carboxylic acid groups (broad SMARTS) is 2. The molecule has 2 aliphatic rings. The number of likely N-dealkylation sites (tertiary alicyclic amines) is 1. The van der Waals surface area contributed by atoms with Gasteiger partial charge in [-0.3, -0.25) is 9.91 Å². The number of carbonyl (C=O) groups is 2. The lowest BCUT2D eigenvalue weighted by Crippen LogP contribution is -2.40. The summed E-state index contributed by atoms with van der Waals surface area (Å²) >= 11 is 13.9. The standard InChI is InChI=1S/C15H20Cl2N4S.C2H2O4/c1-10-18-15(22-11(2)20-7-3-4-8-20)21(19-10)12-5-6-13(16)14(17)9-12;3-1(4)2(5)6/h5-6,9-11,19H,3-4,7-8H2,1-2H3;(H,3,4)(H,5,6). The predicted molar refractivity (Wildman–Crippen MR) is 112 cm³/mol. The summed E-state index contributed by atoms with van der Waals surface area (Å²) in [6, 6.07) is 5.64. The van der Waals surface area contributed by atoms with Crippen LogP contribution in [-0.4, -0.2) is 56.8 Å². The van der Waals surface area contributed by atoms with Gasteiger partial charge in [0.25, 0.3) is 0 Å². The van der Waals surface area contributed by atoms with Crippen LogP contribution in [0.15, 0.2) is 23.2 Å². The van der Waals surface area contributed by atoms with Crippen molar-refractivity contribution in [2.75, 3.05) is 18.1 Å². The number of rotatable bonds is 3. The molecule has 1 saturated heterocycles. The molecule has 3 rings (SSSR count). The van der Waals surface area contributed by atoms with Crippen LogP contribution in [-0.2, 0) is 9.59 Å². The van der Waals surface area contributed by atoms with Crippen molar-refractivity contribution in [3.63, 3.8) is 0 Å². The van der Waals surface area contributed by atoms with Crippen LogP contribution in [0, 0.1) is 0 Å². The molecule has 0 aromatic heterocycles. The van der Waals surface area contributed by atoms with Gasteiger partial charge in [0.1, 0.15) is 6.17 Å². The number of benzene rings is 1. The number of aliphatic imine (C=N–C) groups is 1. The van der Waals surface area contributed by atoms with Gasteiger partial charge in [-0.2, -0.15) is 0 Å². The molecule has 2 aliphatic heterocycles. The average Bonchev–Trinajstić information content (AvgIpc) is 3.28. The normalized spacial score (nSPS) is 20.4. The smallest absolute Gasteiger partial charge is 0.414 e. The summed E-state index contributed by atoms with van der Waals surface area (Å²) in [4.78, 5) is 25.4. The van der Waals surface area contributed by atoms with E-state index in [4.69, 9.17) is 48.0 Å². The van der Waals surface area contributed by atoms with E-state index >= 15 is 0 Å². The molecule has 0 saturated carbocycles. The minimum absolute atomic E-state index is 0.0581. The van der Waals surface area contributed by atoms with Gasteiger partial charge in [0, 0.05) is 0 Å². The van der Waals surface area contributed by atoms with Gasteiger partial charge >= 0.3 is 11.9 Å². The number of carboxylic acids is 2. The first-order valence-electron chi connectivity index (χ1n) is 8.65. The quantitative estimate of drug-likeness (QED) is 0.604. The summed E-state index contributed by atoms with van der Waals surface area (Å²) in [5, 5.41) is 19.3. The van der Waals surface area contributed by atoms with Crippen molar-refractivity contribution in [2.24, 2.45) is 4.99 Å². The maximum absolute atomic E-state index is 9.10. The number of nitrogens with zero attached hydrogens (tertiary/aromatic N) is 3. The molecule has 2 atom stereocenters. The Bertz CT molecular complexity index is 747. The van der Waals surface area contributed by atoms with Gasteiger partial charge < -0.3 is 10.2 Å². The van der Waals surface area contributed by atoms with E-state index in [0.29, 0.717) is 15.4 Å². The zero-order valence-corrected chi connectivity index (χ0v) is 17.8. The first-order valence-corrected chi connectivity index (χ1v) is 10.3. The molecule has 0 spiro atoms. The first-order chi connectivity index (χ1) is 13.2. The molecular weight excluding hydrogens is 427 g/mol. The van der Waals surface area contributed by atoms with Crippen molar-refractivity contribution in [1.82, 2.24) is 10.3 Å². The SMILES string of the molecule is CC1N=C(SC(C)N2CCCC2)N(c2ccc(Cl)c(Cl)c2)N1.O=C(O)C(=O)O. The summed E-state index contributed by atoms with van der Waals surface area (Å²) in [5.41, 5.74) is 4.31. The van der Waals surface area contributed by atoms with E-state index in [2.05, 4.69) is 17.2 Å². The van der Waals surface area contributed by atoms with Crippen LogP contribution in [0.5, 0.6) is 0 Å². The van der Waals surface area contributed by atoms with Crippen molar-refractivity contribution < 1.29 is 19.8 Å². The molecule has 0 aliphatic carbocycles. The maximum atomic E-state index is 9.10. The van der Waals surface area contributed by atoms with E-state index in [0.717, 1.165) is 10.9 Å². The van der Waals surface area contributed by atoms with Crippen molar-refractivity contribution >= 4 is 57.8 Å². The molecule has 2 unspecified atom stereocenters. The largest absolute Gasteiger partial charge is 0.473 e. The third-order valence-corrected chi connectivity index (χ3v) is 5.96. The monoisotopic (exact) mass is 448 g/mol. The topological polar surface area (TPSA) is 105 Å². The van der Waals surface area contributed by atoms with Gasteiger partial charge in [-0.05, 0) is 58.0 Å². The average molecular weight is 449 g/mol. The highest BCUT2D eigenvalue weighted by Crippen LogP contribution is 2.31. The molecular formula is C17H22Cl2N4O4S. The lowest BCUT2D eigenvalue weighted by atomic mass is 10.3. The van der Waals surface area contributed by atoms with Gasteiger partial charge in [0.15, 0.2) is 5.17 Å².